The van der Waals surface area contributed by atoms with E-state index in [1.165, 1.54) is 24.0 Å². The molecule has 0 fully saturated rings. The molecule has 1 unspecified atom stereocenters. The third-order valence-corrected chi connectivity index (χ3v) is 2.59. The minimum atomic E-state index is 0.721. The molecule has 15 heavy (non-hydrogen) atoms. The molecule has 0 aromatic heterocycles. The van der Waals surface area contributed by atoms with E-state index in [9.17, 15) is 0 Å². The summed E-state index contributed by atoms with van der Waals surface area (Å²) in [6, 6.07) is 8.82. The van der Waals surface area contributed by atoms with Crippen LogP contribution in [0, 0.1) is 12.8 Å². The standard InChI is InChI=1S/C14H23N/c1-4-8-15-11-13(3)10-14-7-5-6-12(2)9-14/h5-7,9,13,15H,4,8,10-11H2,1-3H3. The molecule has 0 heterocycles. The summed E-state index contributed by atoms with van der Waals surface area (Å²) in [6.45, 7) is 8.94. The van der Waals surface area contributed by atoms with Gasteiger partial charge in [-0.3, -0.25) is 0 Å². The van der Waals surface area contributed by atoms with Gasteiger partial charge in [0.1, 0.15) is 0 Å². The van der Waals surface area contributed by atoms with Gasteiger partial charge in [-0.1, -0.05) is 43.7 Å². The normalized spacial score (nSPS) is 12.7. The van der Waals surface area contributed by atoms with E-state index in [-0.39, 0.29) is 0 Å². The van der Waals surface area contributed by atoms with Gasteiger partial charge in [0.15, 0.2) is 0 Å². The molecule has 0 spiro atoms. The molecule has 1 aromatic carbocycles. The Hall–Kier alpha value is -0.820. The Morgan fingerprint density at radius 1 is 1.33 bits per heavy atom. The van der Waals surface area contributed by atoms with Crippen LogP contribution in [0.2, 0.25) is 0 Å². The monoisotopic (exact) mass is 205 g/mol. The minimum absolute atomic E-state index is 0.721. The molecule has 0 aliphatic carbocycles. The highest BCUT2D eigenvalue weighted by Crippen LogP contribution is 2.09. The van der Waals surface area contributed by atoms with E-state index < -0.39 is 0 Å². The molecule has 0 radical (unpaired) electrons. The Morgan fingerprint density at radius 3 is 2.80 bits per heavy atom. The highest BCUT2D eigenvalue weighted by Gasteiger charge is 2.02. The number of rotatable bonds is 6. The fraction of sp³-hybridized carbons (Fsp3) is 0.571. The van der Waals surface area contributed by atoms with Crippen molar-refractivity contribution in [3.63, 3.8) is 0 Å². The molecule has 0 aliphatic heterocycles. The third-order valence-electron chi connectivity index (χ3n) is 2.59. The predicted octanol–water partition coefficient (Wildman–Crippen LogP) is 3.17. The number of benzene rings is 1. The average molecular weight is 205 g/mol. The van der Waals surface area contributed by atoms with Crippen molar-refractivity contribution in [2.45, 2.75) is 33.6 Å². The molecule has 84 valence electrons. The quantitative estimate of drug-likeness (QED) is 0.703. The van der Waals surface area contributed by atoms with Crippen LogP contribution in [0.4, 0.5) is 0 Å². The van der Waals surface area contributed by atoms with Crippen molar-refractivity contribution < 1.29 is 0 Å². The Labute approximate surface area is 93.9 Å². The number of hydrogen-bond donors (Lipinski definition) is 1. The molecule has 1 rings (SSSR count). The summed E-state index contributed by atoms with van der Waals surface area (Å²) in [7, 11) is 0. The Kier molecular flexibility index (Phi) is 5.41. The SMILES string of the molecule is CCCNCC(C)Cc1cccc(C)c1. The summed E-state index contributed by atoms with van der Waals surface area (Å²) >= 11 is 0. The van der Waals surface area contributed by atoms with Crippen LogP contribution < -0.4 is 5.32 Å². The fourth-order valence-electron chi connectivity index (χ4n) is 1.84. The minimum Gasteiger partial charge on any atom is -0.316 e. The zero-order valence-electron chi connectivity index (χ0n) is 10.2. The van der Waals surface area contributed by atoms with Crippen LogP contribution in [0.25, 0.3) is 0 Å². The molecular formula is C14H23N. The summed E-state index contributed by atoms with van der Waals surface area (Å²) in [4.78, 5) is 0. The second kappa shape index (κ2) is 6.62. The molecule has 1 aromatic rings. The molecule has 0 amide bonds. The lowest BCUT2D eigenvalue weighted by Gasteiger charge is -2.12. The number of hydrogen-bond acceptors (Lipinski definition) is 1. The highest BCUT2D eigenvalue weighted by atomic mass is 14.8. The van der Waals surface area contributed by atoms with E-state index in [2.05, 4.69) is 50.4 Å². The molecular weight excluding hydrogens is 182 g/mol. The molecule has 0 saturated heterocycles. The van der Waals surface area contributed by atoms with Gasteiger partial charge >= 0.3 is 0 Å². The molecule has 1 atom stereocenters. The lowest BCUT2D eigenvalue weighted by molar-refractivity contribution is 0.510. The van der Waals surface area contributed by atoms with Crippen LogP contribution in [0.1, 0.15) is 31.4 Å². The van der Waals surface area contributed by atoms with Crippen LogP contribution in [0.3, 0.4) is 0 Å². The number of nitrogens with one attached hydrogen (secondary N) is 1. The van der Waals surface area contributed by atoms with Crippen molar-refractivity contribution in [3.05, 3.63) is 35.4 Å². The predicted molar refractivity (Wildman–Crippen MR) is 67.2 cm³/mol. The molecule has 0 saturated carbocycles. The van der Waals surface area contributed by atoms with Crippen LogP contribution in [-0.2, 0) is 6.42 Å². The van der Waals surface area contributed by atoms with E-state index in [1.54, 1.807) is 0 Å². The van der Waals surface area contributed by atoms with Gasteiger partial charge in [-0.2, -0.15) is 0 Å². The van der Waals surface area contributed by atoms with Crippen molar-refractivity contribution >= 4 is 0 Å². The van der Waals surface area contributed by atoms with Gasteiger partial charge in [0.05, 0.1) is 0 Å². The van der Waals surface area contributed by atoms with Gasteiger partial charge in [-0.25, -0.2) is 0 Å². The maximum atomic E-state index is 3.47. The summed E-state index contributed by atoms with van der Waals surface area (Å²) < 4.78 is 0. The van der Waals surface area contributed by atoms with Gasteiger partial charge < -0.3 is 5.32 Å². The molecule has 0 aliphatic rings. The van der Waals surface area contributed by atoms with Crippen LogP contribution in [-0.4, -0.2) is 13.1 Å². The van der Waals surface area contributed by atoms with Crippen molar-refractivity contribution in [2.24, 2.45) is 5.92 Å². The summed E-state index contributed by atoms with van der Waals surface area (Å²) in [5, 5.41) is 3.47. The van der Waals surface area contributed by atoms with Gasteiger partial charge in [0.2, 0.25) is 0 Å². The second-order valence-electron chi connectivity index (χ2n) is 4.50. The first-order valence-electron chi connectivity index (χ1n) is 5.98. The lowest BCUT2D eigenvalue weighted by Crippen LogP contribution is -2.23. The zero-order valence-corrected chi connectivity index (χ0v) is 10.2. The molecule has 1 nitrogen and oxygen atoms in total. The molecule has 1 heteroatoms. The van der Waals surface area contributed by atoms with Crippen molar-refractivity contribution in [2.75, 3.05) is 13.1 Å². The maximum absolute atomic E-state index is 3.47. The fourth-order valence-corrected chi connectivity index (χ4v) is 1.84. The first kappa shape index (κ1) is 12.3. The zero-order chi connectivity index (χ0) is 11.1. The summed E-state index contributed by atoms with van der Waals surface area (Å²) in [5.41, 5.74) is 2.82. The topological polar surface area (TPSA) is 12.0 Å². The Morgan fingerprint density at radius 2 is 2.13 bits per heavy atom. The van der Waals surface area contributed by atoms with Crippen molar-refractivity contribution in [1.29, 1.82) is 0 Å². The van der Waals surface area contributed by atoms with E-state index >= 15 is 0 Å². The first-order valence-corrected chi connectivity index (χ1v) is 5.98. The van der Waals surface area contributed by atoms with Gasteiger partial charge in [0.25, 0.3) is 0 Å². The van der Waals surface area contributed by atoms with Crippen molar-refractivity contribution in [1.82, 2.24) is 5.32 Å². The van der Waals surface area contributed by atoms with E-state index in [0.29, 0.717) is 0 Å². The van der Waals surface area contributed by atoms with Gasteiger partial charge in [0, 0.05) is 0 Å². The number of aryl methyl sites for hydroxylation is 1. The Balaban J connectivity index is 2.34. The third kappa shape index (κ3) is 4.98. The van der Waals surface area contributed by atoms with E-state index in [4.69, 9.17) is 0 Å². The first-order chi connectivity index (χ1) is 7.22. The van der Waals surface area contributed by atoms with Crippen LogP contribution >= 0.6 is 0 Å². The lowest BCUT2D eigenvalue weighted by atomic mass is 10.00. The smallest absolute Gasteiger partial charge is 0.00200 e. The summed E-state index contributed by atoms with van der Waals surface area (Å²) in [5.74, 6) is 0.721. The van der Waals surface area contributed by atoms with Gasteiger partial charge in [-0.15, -0.1) is 0 Å². The highest BCUT2D eigenvalue weighted by molar-refractivity contribution is 5.22. The van der Waals surface area contributed by atoms with Crippen LogP contribution in [0.5, 0.6) is 0 Å². The Bertz CT molecular complexity index is 280. The summed E-state index contributed by atoms with van der Waals surface area (Å²) in [6.07, 6.45) is 2.40. The average Bonchev–Trinajstić information content (AvgIpc) is 2.18. The largest absolute Gasteiger partial charge is 0.316 e. The van der Waals surface area contributed by atoms with Crippen LogP contribution in [0.15, 0.2) is 24.3 Å². The van der Waals surface area contributed by atoms with E-state index in [1.807, 2.05) is 0 Å². The van der Waals surface area contributed by atoms with E-state index in [0.717, 1.165) is 19.0 Å². The maximum Gasteiger partial charge on any atom is -0.00200 e. The molecule has 0 bridgehead atoms. The second-order valence-corrected chi connectivity index (χ2v) is 4.50. The molecule has 1 N–H and O–H groups in total. The van der Waals surface area contributed by atoms with Crippen molar-refractivity contribution in [3.8, 4) is 0 Å². The van der Waals surface area contributed by atoms with Gasteiger partial charge in [-0.05, 0) is 44.3 Å².